The smallest absolute Gasteiger partial charge is 0.322 e. The Balaban J connectivity index is 2.29. The van der Waals surface area contributed by atoms with Gasteiger partial charge in [0.15, 0.2) is 0 Å². The maximum atomic E-state index is 13.5. The van der Waals surface area contributed by atoms with Gasteiger partial charge in [-0.05, 0) is 36.8 Å². The van der Waals surface area contributed by atoms with Crippen LogP contribution in [0.1, 0.15) is 18.9 Å². The summed E-state index contributed by atoms with van der Waals surface area (Å²) in [6.45, 7) is 2.08. The number of benzene rings is 1. The molecule has 19 heavy (non-hydrogen) atoms. The highest BCUT2D eigenvalue weighted by atomic mass is 79.9. The van der Waals surface area contributed by atoms with Gasteiger partial charge in [-0.3, -0.25) is 4.79 Å². The van der Waals surface area contributed by atoms with Crippen molar-refractivity contribution in [3.05, 3.63) is 34.1 Å². The Morgan fingerprint density at radius 1 is 1.58 bits per heavy atom. The number of halogens is 2. The summed E-state index contributed by atoms with van der Waals surface area (Å²) in [6, 6.07) is 4.41. The maximum absolute atomic E-state index is 13.5. The summed E-state index contributed by atoms with van der Waals surface area (Å²) >= 11 is 4.76. The fourth-order valence-electron chi connectivity index (χ4n) is 1.40. The number of esters is 1. The molecule has 0 aliphatic rings. The summed E-state index contributed by atoms with van der Waals surface area (Å²) in [5.41, 5.74) is 6.32. The van der Waals surface area contributed by atoms with Crippen LogP contribution in [0, 0.1) is 5.82 Å². The van der Waals surface area contributed by atoms with E-state index < -0.39 is 6.04 Å². The van der Waals surface area contributed by atoms with Gasteiger partial charge in [0.2, 0.25) is 0 Å². The van der Waals surface area contributed by atoms with Crippen molar-refractivity contribution in [2.75, 3.05) is 12.4 Å². The van der Waals surface area contributed by atoms with Crippen LogP contribution in [0.4, 0.5) is 4.39 Å². The summed E-state index contributed by atoms with van der Waals surface area (Å²) in [7, 11) is 0. The molecule has 1 rings (SSSR count). The van der Waals surface area contributed by atoms with Crippen LogP contribution in [0.25, 0.3) is 0 Å². The molecular formula is C13H17BrFNO2S. The minimum absolute atomic E-state index is 0.225. The molecule has 0 amide bonds. The first-order valence-corrected chi connectivity index (χ1v) is 7.93. The molecule has 0 aliphatic heterocycles. The lowest BCUT2D eigenvalue weighted by molar-refractivity contribution is -0.144. The standard InChI is InChI=1S/C13H17BrFNO2S/c1-2-18-13(17)12(16)5-6-19-8-9-3-4-10(14)7-11(9)15/h3-4,7,12H,2,5-6,8,16H2,1H3. The molecule has 1 aromatic carbocycles. The molecule has 2 N–H and O–H groups in total. The lowest BCUT2D eigenvalue weighted by Crippen LogP contribution is -2.32. The summed E-state index contributed by atoms with van der Waals surface area (Å²) in [5.74, 6) is 0.652. The van der Waals surface area contributed by atoms with Crippen LogP contribution in [0.3, 0.4) is 0 Å². The Bertz CT molecular complexity index is 431. The van der Waals surface area contributed by atoms with Gasteiger partial charge in [0.1, 0.15) is 11.9 Å². The topological polar surface area (TPSA) is 52.3 Å². The third-order valence-corrected chi connectivity index (χ3v) is 3.97. The molecule has 106 valence electrons. The van der Waals surface area contributed by atoms with Crippen LogP contribution >= 0.6 is 27.7 Å². The van der Waals surface area contributed by atoms with Crippen molar-refractivity contribution in [3.63, 3.8) is 0 Å². The van der Waals surface area contributed by atoms with Gasteiger partial charge in [-0.2, -0.15) is 11.8 Å². The number of carbonyl (C=O) groups excluding carboxylic acids is 1. The van der Waals surface area contributed by atoms with Gasteiger partial charge in [-0.25, -0.2) is 4.39 Å². The van der Waals surface area contributed by atoms with E-state index in [9.17, 15) is 9.18 Å². The first-order chi connectivity index (χ1) is 9.04. The molecule has 1 unspecified atom stereocenters. The summed E-state index contributed by atoms with van der Waals surface area (Å²) in [5, 5.41) is 0. The monoisotopic (exact) mass is 349 g/mol. The molecule has 0 aliphatic carbocycles. The number of hydrogen-bond acceptors (Lipinski definition) is 4. The van der Waals surface area contributed by atoms with E-state index in [1.165, 1.54) is 6.07 Å². The molecular weight excluding hydrogens is 333 g/mol. The van der Waals surface area contributed by atoms with Crippen molar-refractivity contribution in [3.8, 4) is 0 Å². The van der Waals surface area contributed by atoms with E-state index in [-0.39, 0.29) is 11.8 Å². The quantitative estimate of drug-likeness (QED) is 0.607. The Kier molecular flexibility index (Phi) is 7.41. The van der Waals surface area contributed by atoms with Crippen molar-refractivity contribution in [1.29, 1.82) is 0 Å². The van der Waals surface area contributed by atoms with Gasteiger partial charge in [0.05, 0.1) is 6.61 Å². The van der Waals surface area contributed by atoms with E-state index in [0.29, 0.717) is 30.1 Å². The number of ether oxygens (including phenoxy) is 1. The fourth-order valence-corrected chi connectivity index (χ4v) is 2.75. The number of thioether (sulfide) groups is 1. The summed E-state index contributed by atoms with van der Waals surface area (Å²) in [6.07, 6.45) is 0.529. The first kappa shape index (κ1) is 16.5. The third-order valence-electron chi connectivity index (χ3n) is 2.44. The van der Waals surface area contributed by atoms with Crippen LogP contribution in [-0.2, 0) is 15.3 Å². The maximum Gasteiger partial charge on any atom is 0.322 e. The lowest BCUT2D eigenvalue weighted by Gasteiger charge is -2.10. The Labute approximate surface area is 125 Å². The Morgan fingerprint density at radius 3 is 2.95 bits per heavy atom. The number of carbonyl (C=O) groups is 1. The molecule has 0 fully saturated rings. The minimum Gasteiger partial charge on any atom is -0.465 e. The second kappa shape index (κ2) is 8.55. The van der Waals surface area contributed by atoms with E-state index >= 15 is 0 Å². The molecule has 0 aromatic heterocycles. The molecule has 0 radical (unpaired) electrons. The van der Waals surface area contributed by atoms with Crippen molar-refractivity contribution in [1.82, 2.24) is 0 Å². The van der Waals surface area contributed by atoms with E-state index in [1.807, 2.05) is 6.07 Å². The van der Waals surface area contributed by atoms with Crippen LogP contribution in [0.2, 0.25) is 0 Å². The Hall–Kier alpha value is -0.590. The molecule has 0 heterocycles. The van der Waals surface area contributed by atoms with Crippen LogP contribution in [0.15, 0.2) is 22.7 Å². The fraction of sp³-hybridized carbons (Fsp3) is 0.462. The van der Waals surface area contributed by atoms with Crippen molar-refractivity contribution >= 4 is 33.7 Å². The van der Waals surface area contributed by atoms with Crippen molar-refractivity contribution < 1.29 is 13.9 Å². The van der Waals surface area contributed by atoms with Crippen LogP contribution in [-0.4, -0.2) is 24.4 Å². The second-order valence-corrected chi connectivity index (χ2v) is 5.96. The van der Waals surface area contributed by atoms with E-state index in [0.717, 1.165) is 4.47 Å². The third kappa shape index (κ3) is 5.93. The zero-order valence-electron chi connectivity index (χ0n) is 10.7. The molecule has 0 saturated heterocycles. The van der Waals surface area contributed by atoms with Crippen molar-refractivity contribution in [2.24, 2.45) is 5.73 Å². The molecule has 1 aromatic rings. The zero-order chi connectivity index (χ0) is 14.3. The predicted molar refractivity (Wildman–Crippen MR) is 79.5 cm³/mol. The molecule has 3 nitrogen and oxygen atoms in total. The van der Waals surface area contributed by atoms with E-state index in [1.54, 1.807) is 24.8 Å². The van der Waals surface area contributed by atoms with E-state index in [4.69, 9.17) is 10.5 Å². The van der Waals surface area contributed by atoms with E-state index in [2.05, 4.69) is 15.9 Å². The van der Waals surface area contributed by atoms with Gasteiger partial charge in [-0.15, -0.1) is 0 Å². The predicted octanol–water partition coefficient (Wildman–Crippen LogP) is 3.10. The number of hydrogen-bond donors (Lipinski definition) is 1. The highest BCUT2D eigenvalue weighted by molar-refractivity contribution is 9.10. The van der Waals surface area contributed by atoms with Gasteiger partial charge >= 0.3 is 5.97 Å². The van der Waals surface area contributed by atoms with Gasteiger partial charge in [0, 0.05) is 10.2 Å². The molecule has 0 bridgehead atoms. The summed E-state index contributed by atoms with van der Waals surface area (Å²) in [4.78, 5) is 11.3. The van der Waals surface area contributed by atoms with Gasteiger partial charge < -0.3 is 10.5 Å². The molecule has 1 atom stereocenters. The average Bonchev–Trinajstić information content (AvgIpc) is 2.36. The SMILES string of the molecule is CCOC(=O)C(N)CCSCc1ccc(Br)cc1F. The normalized spacial score (nSPS) is 12.2. The number of rotatable bonds is 7. The first-order valence-electron chi connectivity index (χ1n) is 5.98. The van der Waals surface area contributed by atoms with Crippen molar-refractivity contribution in [2.45, 2.75) is 25.1 Å². The Morgan fingerprint density at radius 2 is 2.32 bits per heavy atom. The largest absolute Gasteiger partial charge is 0.465 e. The average molecular weight is 350 g/mol. The van der Waals surface area contributed by atoms with Gasteiger partial charge in [0.25, 0.3) is 0 Å². The highest BCUT2D eigenvalue weighted by Gasteiger charge is 2.13. The second-order valence-electron chi connectivity index (χ2n) is 3.94. The number of nitrogens with two attached hydrogens (primary N) is 1. The molecule has 0 spiro atoms. The lowest BCUT2D eigenvalue weighted by atomic mass is 10.2. The summed E-state index contributed by atoms with van der Waals surface area (Å²) < 4.78 is 19.1. The highest BCUT2D eigenvalue weighted by Crippen LogP contribution is 2.20. The zero-order valence-corrected chi connectivity index (χ0v) is 13.1. The van der Waals surface area contributed by atoms with Crippen LogP contribution < -0.4 is 5.73 Å². The van der Waals surface area contributed by atoms with Crippen LogP contribution in [0.5, 0.6) is 0 Å². The molecule has 6 heteroatoms. The molecule has 0 saturated carbocycles. The minimum atomic E-state index is -0.595. The van der Waals surface area contributed by atoms with Gasteiger partial charge in [-0.1, -0.05) is 22.0 Å².